The number of nitrogens with two attached hydrogens (primary N) is 1. The number of methoxy groups -OCH3 is 1. The van der Waals surface area contributed by atoms with Crippen molar-refractivity contribution in [1.82, 2.24) is 4.90 Å². The van der Waals surface area contributed by atoms with Gasteiger partial charge in [0.15, 0.2) is 0 Å². The Morgan fingerprint density at radius 2 is 2.40 bits per heavy atom. The number of aliphatic imine (C=N–C) groups is 1. The lowest BCUT2D eigenvalue weighted by Gasteiger charge is -2.38. The van der Waals surface area contributed by atoms with Crippen molar-refractivity contribution in [3.8, 4) is 0 Å². The Labute approximate surface area is 89.6 Å². The SMILES string of the molecule is C=CCN1C(=O)N=C(N)C1(C)C(C)OC. The number of rotatable bonds is 4. The van der Waals surface area contributed by atoms with Crippen molar-refractivity contribution in [2.24, 2.45) is 10.7 Å². The molecule has 5 nitrogen and oxygen atoms in total. The normalized spacial score (nSPS) is 27.8. The van der Waals surface area contributed by atoms with Crippen LogP contribution in [0, 0.1) is 0 Å². The minimum atomic E-state index is -0.681. The van der Waals surface area contributed by atoms with E-state index in [1.54, 1.807) is 18.1 Å². The highest BCUT2D eigenvalue weighted by molar-refractivity contribution is 6.06. The Kier molecular flexibility index (Phi) is 3.14. The van der Waals surface area contributed by atoms with Gasteiger partial charge >= 0.3 is 6.03 Å². The van der Waals surface area contributed by atoms with E-state index >= 15 is 0 Å². The molecule has 1 aliphatic rings. The molecule has 5 heteroatoms. The first-order valence-electron chi connectivity index (χ1n) is 4.78. The second kappa shape index (κ2) is 4.02. The molecule has 0 saturated carbocycles. The summed E-state index contributed by atoms with van der Waals surface area (Å²) in [5, 5.41) is 0. The van der Waals surface area contributed by atoms with Crippen LogP contribution in [0.2, 0.25) is 0 Å². The van der Waals surface area contributed by atoms with Crippen LogP contribution in [0.15, 0.2) is 17.6 Å². The zero-order valence-corrected chi connectivity index (χ0v) is 9.36. The van der Waals surface area contributed by atoms with Crippen molar-refractivity contribution in [2.75, 3.05) is 13.7 Å². The van der Waals surface area contributed by atoms with Crippen LogP contribution in [0.3, 0.4) is 0 Å². The van der Waals surface area contributed by atoms with Gasteiger partial charge in [-0.05, 0) is 13.8 Å². The van der Waals surface area contributed by atoms with E-state index in [9.17, 15) is 4.79 Å². The van der Waals surface area contributed by atoms with Gasteiger partial charge < -0.3 is 15.4 Å². The van der Waals surface area contributed by atoms with Gasteiger partial charge in [0.05, 0.1) is 6.10 Å². The molecule has 0 bridgehead atoms. The Balaban J connectivity index is 3.06. The van der Waals surface area contributed by atoms with Crippen LogP contribution in [0.1, 0.15) is 13.8 Å². The number of nitrogens with zero attached hydrogens (tertiary/aromatic N) is 2. The summed E-state index contributed by atoms with van der Waals surface area (Å²) in [6, 6.07) is -0.334. The molecule has 1 heterocycles. The van der Waals surface area contributed by atoms with Gasteiger partial charge in [0, 0.05) is 13.7 Å². The average Bonchev–Trinajstić information content (AvgIpc) is 2.42. The second-order valence-corrected chi connectivity index (χ2v) is 3.70. The maximum Gasteiger partial charge on any atom is 0.346 e. The highest BCUT2D eigenvalue weighted by Gasteiger charge is 2.48. The fraction of sp³-hybridized carbons (Fsp3) is 0.600. The van der Waals surface area contributed by atoms with Gasteiger partial charge in [-0.3, -0.25) is 0 Å². The van der Waals surface area contributed by atoms with Crippen molar-refractivity contribution in [3.05, 3.63) is 12.7 Å². The standard InChI is InChI=1S/C10H17N3O2/c1-5-6-13-9(14)12-8(11)10(13,3)7(2)15-4/h5,7H,1,6H2,2-4H3,(H2,11,12,14). The smallest absolute Gasteiger partial charge is 0.346 e. The van der Waals surface area contributed by atoms with Gasteiger partial charge in [-0.25, -0.2) is 4.79 Å². The van der Waals surface area contributed by atoms with Crippen LogP contribution in [0.4, 0.5) is 4.79 Å². The third-order valence-corrected chi connectivity index (χ3v) is 2.98. The van der Waals surface area contributed by atoms with Crippen molar-refractivity contribution < 1.29 is 9.53 Å². The number of amides is 2. The lowest BCUT2D eigenvalue weighted by atomic mass is 9.93. The van der Waals surface area contributed by atoms with Crippen LogP contribution in [-0.2, 0) is 4.74 Å². The van der Waals surface area contributed by atoms with Crippen molar-refractivity contribution in [3.63, 3.8) is 0 Å². The summed E-state index contributed by atoms with van der Waals surface area (Å²) in [7, 11) is 1.58. The Hall–Kier alpha value is -1.36. The second-order valence-electron chi connectivity index (χ2n) is 3.70. The predicted octanol–water partition coefficient (Wildman–Crippen LogP) is 0.759. The molecular formula is C10H17N3O2. The number of hydrogen-bond donors (Lipinski definition) is 1. The van der Waals surface area contributed by atoms with Gasteiger partial charge in [0.25, 0.3) is 0 Å². The lowest BCUT2D eigenvalue weighted by Crippen LogP contribution is -2.59. The van der Waals surface area contributed by atoms with Crippen LogP contribution in [0.5, 0.6) is 0 Å². The van der Waals surface area contributed by atoms with E-state index in [-0.39, 0.29) is 12.1 Å². The maximum absolute atomic E-state index is 11.6. The number of carbonyl (C=O) groups excluding carboxylic acids is 1. The lowest BCUT2D eigenvalue weighted by molar-refractivity contribution is 0.0295. The van der Waals surface area contributed by atoms with E-state index in [0.717, 1.165) is 0 Å². The van der Waals surface area contributed by atoms with Crippen LogP contribution in [-0.4, -0.2) is 42.1 Å². The zero-order valence-electron chi connectivity index (χ0n) is 9.36. The number of hydrogen-bond acceptors (Lipinski definition) is 3. The van der Waals surface area contributed by atoms with Crippen molar-refractivity contribution in [2.45, 2.75) is 25.5 Å². The molecule has 0 saturated heterocycles. The zero-order chi connectivity index (χ0) is 11.6. The van der Waals surface area contributed by atoms with Gasteiger partial charge in [-0.2, -0.15) is 4.99 Å². The summed E-state index contributed by atoms with van der Waals surface area (Å²) in [5.74, 6) is 0.295. The van der Waals surface area contributed by atoms with Gasteiger partial charge in [0.2, 0.25) is 0 Å². The van der Waals surface area contributed by atoms with Crippen molar-refractivity contribution >= 4 is 11.9 Å². The predicted molar refractivity (Wildman–Crippen MR) is 58.8 cm³/mol. The molecule has 0 aromatic heterocycles. The number of urea groups is 1. The van der Waals surface area contributed by atoms with E-state index < -0.39 is 5.54 Å². The van der Waals surface area contributed by atoms with Gasteiger partial charge in [-0.1, -0.05) is 6.08 Å². The topological polar surface area (TPSA) is 67.9 Å². The molecule has 0 aliphatic carbocycles. The first-order chi connectivity index (χ1) is 6.98. The summed E-state index contributed by atoms with van der Waals surface area (Å²) in [6.07, 6.45) is 1.43. The third-order valence-electron chi connectivity index (χ3n) is 2.98. The molecule has 84 valence electrons. The van der Waals surface area contributed by atoms with E-state index in [1.165, 1.54) is 0 Å². The summed E-state index contributed by atoms with van der Waals surface area (Å²) < 4.78 is 5.24. The fourth-order valence-corrected chi connectivity index (χ4v) is 1.67. The first-order valence-corrected chi connectivity index (χ1v) is 4.78. The van der Waals surface area contributed by atoms with E-state index in [2.05, 4.69) is 11.6 Å². The van der Waals surface area contributed by atoms with Gasteiger partial charge in [0.1, 0.15) is 11.4 Å². The largest absolute Gasteiger partial charge is 0.385 e. The summed E-state index contributed by atoms with van der Waals surface area (Å²) >= 11 is 0. The fourth-order valence-electron chi connectivity index (χ4n) is 1.67. The molecule has 1 rings (SSSR count). The molecule has 0 aromatic carbocycles. The van der Waals surface area contributed by atoms with E-state index in [4.69, 9.17) is 10.5 Å². The summed E-state index contributed by atoms with van der Waals surface area (Å²) in [4.78, 5) is 16.9. The average molecular weight is 211 g/mol. The number of carbonyl (C=O) groups is 1. The molecule has 2 atom stereocenters. The molecule has 15 heavy (non-hydrogen) atoms. The van der Waals surface area contributed by atoms with Crippen molar-refractivity contribution in [1.29, 1.82) is 0 Å². The highest BCUT2D eigenvalue weighted by Crippen LogP contribution is 2.27. The molecule has 1 aliphatic heterocycles. The molecule has 0 radical (unpaired) electrons. The minimum Gasteiger partial charge on any atom is -0.385 e. The molecule has 0 fully saturated rings. The Morgan fingerprint density at radius 3 is 2.87 bits per heavy atom. The molecule has 2 unspecified atom stereocenters. The monoisotopic (exact) mass is 211 g/mol. The quantitative estimate of drug-likeness (QED) is 0.698. The number of amidine groups is 1. The van der Waals surface area contributed by atoms with E-state index in [1.807, 2.05) is 13.8 Å². The summed E-state index contributed by atoms with van der Waals surface area (Å²) in [5.41, 5.74) is 5.09. The minimum absolute atomic E-state index is 0.215. The van der Waals surface area contributed by atoms with Crippen LogP contribution >= 0.6 is 0 Å². The Bertz CT molecular complexity index is 314. The Morgan fingerprint density at radius 1 is 1.80 bits per heavy atom. The first kappa shape index (κ1) is 11.7. The number of ether oxygens (including phenoxy) is 1. The van der Waals surface area contributed by atoms with Crippen LogP contribution < -0.4 is 5.73 Å². The highest BCUT2D eigenvalue weighted by atomic mass is 16.5. The molecular weight excluding hydrogens is 194 g/mol. The molecule has 2 amide bonds. The molecule has 0 spiro atoms. The van der Waals surface area contributed by atoms with Gasteiger partial charge in [-0.15, -0.1) is 6.58 Å². The molecule has 0 aromatic rings. The third kappa shape index (κ3) is 1.63. The van der Waals surface area contributed by atoms with Crippen LogP contribution in [0.25, 0.3) is 0 Å². The van der Waals surface area contributed by atoms with E-state index in [0.29, 0.717) is 12.4 Å². The molecule has 2 N–H and O–H groups in total. The summed E-state index contributed by atoms with van der Waals surface area (Å²) in [6.45, 7) is 7.72. The maximum atomic E-state index is 11.6.